The molecular weight excluding hydrogens is 231 g/mol. The van der Waals surface area contributed by atoms with E-state index in [9.17, 15) is 9.59 Å². The van der Waals surface area contributed by atoms with Gasteiger partial charge in [0.05, 0.1) is 22.6 Å². The van der Waals surface area contributed by atoms with Gasteiger partial charge in [0.25, 0.3) is 0 Å². The molecule has 0 saturated carbocycles. The van der Waals surface area contributed by atoms with Crippen molar-refractivity contribution in [2.75, 3.05) is 0 Å². The normalized spacial score (nSPS) is 36.7. The van der Waals surface area contributed by atoms with Gasteiger partial charge in [-0.2, -0.15) is 0 Å². The van der Waals surface area contributed by atoms with Gasteiger partial charge >= 0.3 is 11.9 Å². The first-order valence-electron chi connectivity index (χ1n) is 3.87. The van der Waals surface area contributed by atoms with Gasteiger partial charge in [-0.25, -0.2) is 0 Å². The molecule has 0 aromatic carbocycles. The molecular formula is C8H8Cl2O4. The van der Waals surface area contributed by atoms with Crippen LogP contribution in [0.3, 0.4) is 0 Å². The second kappa shape index (κ2) is 4.19. The molecule has 0 amide bonds. The monoisotopic (exact) mass is 238 g/mol. The molecule has 0 bridgehead atoms. The van der Waals surface area contributed by atoms with E-state index in [1.165, 1.54) is 12.2 Å². The van der Waals surface area contributed by atoms with Crippen LogP contribution in [0.15, 0.2) is 12.2 Å². The van der Waals surface area contributed by atoms with Crippen LogP contribution in [0.2, 0.25) is 0 Å². The minimum absolute atomic E-state index is 0.830. The van der Waals surface area contributed by atoms with Gasteiger partial charge in [-0.15, -0.1) is 23.2 Å². The Kier molecular flexibility index (Phi) is 3.39. The van der Waals surface area contributed by atoms with Gasteiger partial charge in [-0.05, 0) is 0 Å². The molecule has 1 rings (SSSR count). The van der Waals surface area contributed by atoms with Crippen LogP contribution in [0.5, 0.6) is 0 Å². The van der Waals surface area contributed by atoms with Crippen LogP contribution >= 0.6 is 23.2 Å². The topological polar surface area (TPSA) is 74.6 Å². The maximum absolute atomic E-state index is 10.8. The average Bonchev–Trinajstić information content (AvgIpc) is 2.07. The first kappa shape index (κ1) is 11.3. The molecule has 1 aliphatic carbocycles. The summed E-state index contributed by atoms with van der Waals surface area (Å²) in [6.45, 7) is 0. The highest BCUT2D eigenvalue weighted by Crippen LogP contribution is 2.32. The molecule has 4 atom stereocenters. The fraction of sp³-hybridized carbons (Fsp3) is 0.500. The summed E-state index contributed by atoms with van der Waals surface area (Å²) in [5, 5.41) is 16.0. The van der Waals surface area contributed by atoms with E-state index in [4.69, 9.17) is 33.4 Å². The lowest BCUT2D eigenvalue weighted by molar-refractivity contribution is -0.153. The fourth-order valence-corrected chi connectivity index (χ4v) is 2.12. The van der Waals surface area contributed by atoms with Crippen LogP contribution in [-0.2, 0) is 9.59 Å². The molecule has 0 radical (unpaired) electrons. The van der Waals surface area contributed by atoms with Crippen molar-refractivity contribution in [1.82, 2.24) is 0 Å². The third kappa shape index (κ3) is 2.01. The zero-order chi connectivity index (χ0) is 10.9. The summed E-state index contributed by atoms with van der Waals surface area (Å²) >= 11 is 11.4. The van der Waals surface area contributed by atoms with Crippen LogP contribution in [-0.4, -0.2) is 32.9 Å². The smallest absolute Gasteiger partial charge is 0.309 e. The quantitative estimate of drug-likeness (QED) is 0.560. The lowest BCUT2D eigenvalue weighted by Gasteiger charge is -2.28. The number of hydrogen-bond acceptors (Lipinski definition) is 2. The van der Waals surface area contributed by atoms with Gasteiger partial charge in [0.1, 0.15) is 0 Å². The highest BCUT2D eigenvalue weighted by atomic mass is 35.5. The number of carbonyl (C=O) groups is 2. The molecule has 0 heterocycles. The highest BCUT2D eigenvalue weighted by molar-refractivity contribution is 6.26. The number of rotatable bonds is 2. The van der Waals surface area contributed by atoms with E-state index in [1.807, 2.05) is 0 Å². The largest absolute Gasteiger partial charge is 0.481 e. The Morgan fingerprint density at radius 1 is 0.929 bits per heavy atom. The summed E-state index contributed by atoms with van der Waals surface area (Å²) < 4.78 is 0. The summed E-state index contributed by atoms with van der Waals surface area (Å²) in [7, 11) is 0. The second-order valence-electron chi connectivity index (χ2n) is 3.00. The van der Waals surface area contributed by atoms with Crippen molar-refractivity contribution >= 4 is 35.1 Å². The molecule has 0 aromatic heterocycles. The van der Waals surface area contributed by atoms with Crippen LogP contribution in [0.4, 0.5) is 0 Å². The molecule has 0 aromatic rings. The Morgan fingerprint density at radius 2 is 1.21 bits per heavy atom. The summed E-state index contributed by atoms with van der Waals surface area (Å²) in [5.41, 5.74) is 0. The molecule has 4 nitrogen and oxygen atoms in total. The summed E-state index contributed by atoms with van der Waals surface area (Å²) in [5.74, 6) is -4.84. The van der Waals surface area contributed by atoms with E-state index >= 15 is 0 Å². The molecule has 2 N–H and O–H groups in total. The van der Waals surface area contributed by atoms with E-state index in [0.29, 0.717) is 0 Å². The molecule has 6 heteroatoms. The molecule has 4 unspecified atom stereocenters. The molecule has 0 fully saturated rings. The van der Waals surface area contributed by atoms with Crippen molar-refractivity contribution in [3.8, 4) is 0 Å². The lowest BCUT2D eigenvalue weighted by atomic mass is 9.82. The van der Waals surface area contributed by atoms with Crippen LogP contribution in [0.1, 0.15) is 0 Å². The first-order chi connectivity index (χ1) is 6.45. The molecule has 14 heavy (non-hydrogen) atoms. The maximum atomic E-state index is 10.8. The van der Waals surface area contributed by atoms with Gasteiger partial charge < -0.3 is 10.2 Å². The molecule has 0 saturated heterocycles. The Hall–Kier alpha value is -0.740. The zero-order valence-corrected chi connectivity index (χ0v) is 8.44. The van der Waals surface area contributed by atoms with Crippen LogP contribution in [0, 0.1) is 11.8 Å². The molecule has 78 valence electrons. The van der Waals surface area contributed by atoms with Crippen molar-refractivity contribution in [1.29, 1.82) is 0 Å². The van der Waals surface area contributed by atoms with Crippen molar-refractivity contribution in [3.05, 3.63) is 12.2 Å². The van der Waals surface area contributed by atoms with Crippen molar-refractivity contribution < 1.29 is 19.8 Å². The average molecular weight is 239 g/mol. The number of allylic oxidation sites excluding steroid dienone is 2. The van der Waals surface area contributed by atoms with Gasteiger partial charge in [0.15, 0.2) is 0 Å². The van der Waals surface area contributed by atoms with Gasteiger partial charge in [0, 0.05) is 0 Å². The number of hydrogen-bond donors (Lipinski definition) is 2. The predicted octanol–water partition coefficient (Wildman–Crippen LogP) is 1.17. The van der Waals surface area contributed by atoms with E-state index in [0.717, 1.165) is 0 Å². The van der Waals surface area contributed by atoms with Crippen molar-refractivity contribution in [3.63, 3.8) is 0 Å². The first-order valence-corrected chi connectivity index (χ1v) is 4.74. The van der Waals surface area contributed by atoms with E-state index in [-0.39, 0.29) is 0 Å². The number of carboxylic acid groups (broad SMARTS) is 2. The van der Waals surface area contributed by atoms with E-state index in [2.05, 4.69) is 0 Å². The SMILES string of the molecule is O=C(O)C1C(Cl)C=CC(Cl)C1C(=O)O. The fourth-order valence-electron chi connectivity index (χ4n) is 1.43. The Bertz CT molecular complexity index is 261. The van der Waals surface area contributed by atoms with Crippen molar-refractivity contribution in [2.45, 2.75) is 10.8 Å². The third-order valence-electron chi connectivity index (χ3n) is 2.12. The summed E-state index contributed by atoms with van der Waals surface area (Å²) in [6.07, 6.45) is 2.83. The number of aliphatic carboxylic acids is 2. The van der Waals surface area contributed by atoms with Crippen LogP contribution < -0.4 is 0 Å². The third-order valence-corrected chi connectivity index (χ3v) is 2.96. The highest BCUT2D eigenvalue weighted by Gasteiger charge is 2.44. The Morgan fingerprint density at radius 3 is 1.43 bits per heavy atom. The van der Waals surface area contributed by atoms with Crippen LogP contribution in [0.25, 0.3) is 0 Å². The molecule has 0 spiro atoms. The minimum Gasteiger partial charge on any atom is -0.481 e. The maximum Gasteiger partial charge on any atom is 0.309 e. The summed E-state index contributed by atoms with van der Waals surface area (Å²) in [4.78, 5) is 21.6. The summed E-state index contributed by atoms with van der Waals surface area (Å²) in [6, 6.07) is 0. The molecule has 0 aliphatic heterocycles. The number of carboxylic acids is 2. The van der Waals surface area contributed by atoms with Gasteiger partial charge in [0.2, 0.25) is 0 Å². The number of halogens is 2. The second-order valence-corrected chi connectivity index (χ2v) is 4.01. The van der Waals surface area contributed by atoms with Crippen molar-refractivity contribution in [2.24, 2.45) is 11.8 Å². The Labute approximate surface area is 90.1 Å². The Balaban J connectivity index is 3.02. The number of alkyl halides is 2. The zero-order valence-electron chi connectivity index (χ0n) is 6.93. The molecule has 1 aliphatic rings. The van der Waals surface area contributed by atoms with Gasteiger partial charge in [-0.1, -0.05) is 12.2 Å². The minimum atomic E-state index is -1.24. The predicted molar refractivity (Wildman–Crippen MR) is 50.7 cm³/mol. The lowest BCUT2D eigenvalue weighted by Crippen LogP contribution is -2.42. The standard InChI is InChI=1S/C8H8Cl2O4/c9-3-1-2-4(10)6(8(13)14)5(3)7(11)12/h1-6H,(H,11,12)(H,13,14). The van der Waals surface area contributed by atoms with E-state index in [1.54, 1.807) is 0 Å². The van der Waals surface area contributed by atoms with E-state index < -0.39 is 34.5 Å². The van der Waals surface area contributed by atoms with Gasteiger partial charge in [-0.3, -0.25) is 9.59 Å².